The fourth-order valence-electron chi connectivity index (χ4n) is 3.96. The number of hydrogen-bond acceptors (Lipinski definition) is 7. The number of rotatable bonds is 5. The molecule has 1 saturated heterocycles. The van der Waals surface area contributed by atoms with Crippen LogP contribution >= 0.6 is 11.6 Å². The van der Waals surface area contributed by atoms with Gasteiger partial charge in [-0.25, -0.2) is 4.79 Å². The Kier molecular flexibility index (Phi) is 6.15. The number of halogens is 1. The molecule has 9 nitrogen and oxygen atoms in total. The number of para-hydroxylation sites is 1. The highest BCUT2D eigenvalue weighted by molar-refractivity contribution is 6.33. The number of carboxylic acid groups (broad SMARTS) is 1. The van der Waals surface area contributed by atoms with Gasteiger partial charge in [-0.05, 0) is 31.2 Å². The minimum atomic E-state index is -1.13. The van der Waals surface area contributed by atoms with Gasteiger partial charge in [-0.15, -0.1) is 0 Å². The normalized spacial score (nSPS) is 13.8. The summed E-state index contributed by atoms with van der Waals surface area (Å²) in [5.41, 5.74) is 8.16. The molecule has 0 spiro atoms. The number of nitrogens with zero attached hydrogens (tertiary/aromatic N) is 3. The van der Waals surface area contributed by atoms with Gasteiger partial charge in [-0.2, -0.15) is 0 Å². The molecule has 0 radical (unpaired) electrons. The summed E-state index contributed by atoms with van der Waals surface area (Å²) in [5.74, 6) is -0.280. The number of carbonyl (C=O) groups excluding carboxylic acids is 1. The van der Waals surface area contributed by atoms with Gasteiger partial charge in [0, 0.05) is 37.4 Å². The van der Waals surface area contributed by atoms with Crippen molar-refractivity contribution in [2.75, 3.05) is 43.9 Å². The predicted octanol–water partition coefficient (Wildman–Crippen LogP) is 3.55. The lowest BCUT2D eigenvalue weighted by Crippen LogP contribution is -2.49. The summed E-state index contributed by atoms with van der Waals surface area (Å²) in [5, 5.41) is 13.6. The molecular weight excluding hydrogens is 448 g/mol. The highest BCUT2D eigenvalue weighted by Gasteiger charge is 2.30. The van der Waals surface area contributed by atoms with Gasteiger partial charge in [0.25, 0.3) is 5.91 Å². The van der Waals surface area contributed by atoms with Crippen LogP contribution in [-0.2, 0) is 0 Å². The van der Waals surface area contributed by atoms with E-state index in [9.17, 15) is 14.7 Å². The number of anilines is 2. The first-order chi connectivity index (χ1) is 15.8. The Bertz CT molecular complexity index is 1220. The van der Waals surface area contributed by atoms with Crippen molar-refractivity contribution in [3.63, 3.8) is 0 Å². The van der Waals surface area contributed by atoms with Crippen molar-refractivity contribution in [1.29, 1.82) is 0 Å². The number of nitrogens with two attached hydrogens (primary N) is 1. The lowest BCUT2D eigenvalue weighted by Gasteiger charge is -2.36. The van der Waals surface area contributed by atoms with Crippen LogP contribution in [0.15, 0.2) is 40.9 Å². The molecule has 1 aromatic heterocycles. The summed E-state index contributed by atoms with van der Waals surface area (Å²) < 4.78 is 10.8. The van der Waals surface area contributed by atoms with Gasteiger partial charge in [0.1, 0.15) is 22.8 Å². The number of aromatic carboxylic acids is 1. The van der Waals surface area contributed by atoms with Crippen molar-refractivity contribution in [2.45, 2.75) is 6.92 Å². The quantitative estimate of drug-likeness (QED) is 0.543. The fraction of sp³-hybridized carbons (Fsp3) is 0.261. The molecule has 1 aliphatic heterocycles. The van der Waals surface area contributed by atoms with Gasteiger partial charge in [-0.3, -0.25) is 4.79 Å². The maximum atomic E-state index is 13.4. The highest BCUT2D eigenvalue weighted by Crippen LogP contribution is 2.34. The number of nitrogen functional groups attached to an aromatic ring is 1. The van der Waals surface area contributed by atoms with Gasteiger partial charge in [-0.1, -0.05) is 28.9 Å². The number of aromatic nitrogens is 1. The molecule has 1 fully saturated rings. The standard InChI is InChI=1S/C23H23ClN4O5/c1-13-20(21(26-33-13)14-5-3-4-6-19(14)32-2)22(29)28-9-7-27(8-10-28)18-12-17(25)15(23(30)31)11-16(18)24/h3-6,11-12H,7-10,25H2,1-2H3,(H,30,31). The summed E-state index contributed by atoms with van der Waals surface area (Å²) >= 11 is 6.32. The lowest BCUT2D eigenvalue weighted by molar-refractivity contribution is 0.0696. The van der Waals surface area contributed by atoms with Gasteiger partial charge < -0.3 is 29.9 Å². The average molecular weight is 471 g/mol. The maximum Gasteiger partial charge on any atom is 0.337 e. The summed E-state index contributed by atoms with van der Waals surface area (Å²) in [4.78, 5) is 28.4. The third-order valence-electron chi connectivity index (χ3n) is 5.70. The van der Waals surface area contributed by atoms with Crippen molar-refractivity contribution < 1.29 is 24.0 Å². The topological polar surface area (TPSA) is 122 Å². The molecule has 33 heavy (non-hydrogen) atoms. The number of piperazine rings is 1. The fourth-order valence-corrected chi connectivity index (χ4v) is 4.25. The first-order valence-corrected chi connectivity index (χ1v) is 10.7. The van der Waals surface area contributed by atoms with Crippen molar-refractivity contribution in [3.8, 4) is 17.0 Å². The van der Waals surface area contributed by atoms with E-state index in [2.05, 4.69) is 5.16 Å². The van der Waals surface area contributed by atoms with E-state index in [1.807, 2.05) is 23.1 Å². The molecule has 2 aromatic carbocycles. The number of ether oxygens (including phenoxy) is 1. The summed E-state index contributed by atoms with van der Waals surface area (Å²) in [6.45, 7) is 3.59. The SMILES string of the molecule is COc1ccccc1-c1noc(C)c1C(=O)N1CCN(c2cc(N)c(C(=O)O)cc2Cl)CC1. The van der Waals surface area contributed by atoms with Crippen LogP contribution in [0.5, 0.6) is 5.75 Å². The van der Waals surface area contributed by atoms with Crippen LogP contribution in [0.25, 0.3) is 11.3 Å². The van der Waals surface area contributed by atoms with E-state index < -0.39 is 5.97 Å². The van der Waals surface area contributed by atoms with E-state index >= 15 is 0 Å². The Labute approximate surface area is 195 Å². The minimum absolute atomic E-state index is 0.0376. The molecule has 2 heterocycles. The predicted molar refractivity (Wildman–Crippen MR) is 124 cm³/mol. The zero-order valence-corrected chi connectivity index (χ0v) is 18.9. The molecule has 4 rings (SSSR count). The molecule has 1 aliphatic rings. The molecule has 0 unspecified atom stereocenters. The first-order valence-electron chi connectivity index (χ1n) is 10.3. The second-order valence-corrected chi connectivity index (χ2v) is 8.05. The summed E-state index contributed by atoms with van der Waals surface area (Å²) in [7, 11) is 1.56. The van der Waals surface area contributed by atoms with Crippen LogP contribution in [0.3, 0.4) is 0 Å². The molecule has 0 saturated carbocycles. The van der Waals surface area contributed by atoms with Crippen molar-refractivity contribution in [3.05, 3.63) is 58.3 Å². The monoisotopic (exact) mass is 470 g/mol. The molecular formula is C23H23ClN4O5. The van der Waals surface area contributed by atoms with E-state index in [1.54, 1.807) is 31.1 Å². The molecule has 0 atom stereocenters. The van der Waals surface area contributed by atoms with Crippen LogP contribution < -0.4 is 15.4 Å². The zero-order valence-electron chi connectivity index (χ0n) is 18.2. The van der Waals surface area contributed by atoms with E-state index in [4.69, 9.17) is 26.6 Å². The molecule has 10 heteroatoms. The van der Waals surface area contributed by atoms with Crippen LogP contribution in [0.1, 0.15) is 26.5 Å². The number of carboxylic acids is 1. The molecule has 3 N–H and O–H groups in total. The molecule has 0 aliphatic carbocycles. The van der Waals surface area contributed by atoms with Crippen molar-refractivity contribution in [2.24, 2.45) is 0 Å². The van der Waals surface area contributed by atoms with Crippen LogP contribution in [-0.4, -0.2) is 60.3 Å². The van der Waals surface area contributed by atoms with Crippen LogP contribution in [0, 0.1) is 6.92 Å². The lowest BCUT2D eigenvalue weighted by atomic mass is 10.0. The number of aryl methyl sites for hydroxylation is 1. The Morgan fingerprint density at radius 1 is 1.18 bits per heavy atom. The third-order valence-corrected chi connectivity index (χ3v) is 6.00. The van der Waals surface area contributed by atoms with Gasteiger partial charge in [0.15, 0.2) is 0 Å². The third kappa shape index (κ3) is 4.19. The summed E-state index contributed by atoms with van der Waals surface area (Å²) in [6.07, 6.45) is 0. The van der Waals surface area contributed by atoms with Gasteiger partial charge in [0.2, 0.25) is 0 Å². The van der Waals surface area contributed by atoms with E-state index in [-0.39, 0.29) is 17.2 Å². The average Bonchev–Trinajstić information content (AvgIpc) is 3.20. The smallest absolute Gasteiger partial charge is 0.337 e. The number of hydrogen-bond donors (Lipinski definition) is 2. The molecule has 172 valence electrons. The van der Waals surface area contributed by atoms with Gasteiger partial charge in [0.05, 0.1) is 23.4 Å². The molecule has 3 aromatic rings. The number of carbonyl (C=O) groups is 2. The Morgan fingerprint density at radius 3 is 2.55 bits per heavy atom. The van der Waals surface area contributed by atoms with Crippen LogP contribution in [0.4, 0.5) is 11.4 Å². The molecule has 0 bridgehead atoms. The van der Waals surface area contributed by atoms with Gasteiger partial charge >= 0.3 is 5.97 Å². The van der Waals surface area contributed by atoms with E-state index in [1.165, 1.54) is 6.07 Å². The second-order valence-electron chi connectivity index (χ2n) is 7.64. The number of methoxy groups -OCH3 is 1. The first kappa shape index (κ1) is 22.5. The molecule has 1 amide bonds. The summed E-state index contributed by atoms with van der Waals surface area (Å²) in [6, 6.07) is 10.2. The number of benzene rings is 2. The largest absolute Gasteiger partial charge is 0.496 e. The van der Waals surface area contributed by atoms with Crippen molar-refractivity contribution in [1.82, 2.24) is 10.1 Å². The van der Waals surface area contributed by atoms with E-state index in [0.29, 0.717) is 65.2 Å². The second kappa shape index (κ2) is 9.03. The van der Waals surface area contributed by atoms with E-state index in [0.717, 1.165) is 0 Å². The number of amides is 1. The zero-order chi connectivity index (χ0) is 23.7. The van der Waals surface area contributed by atoms with Crippen LogP contribution in [0.2, 0.25) is 5.02 Å². The Balaban J connectivity index is 1.54. The maximum absolute atomic E-state index is 13.4. The highest BCUT2D eigenvalue weighted by atomic mass is 35.5. The van der Waals surface area contributed by atoms with Crippen molar-refractivity contribution >= 4 is 34.9 Å². The Morgan fingerprint density at radius 2 is 1.88 bits per heavy atom. The minimum Gasteiger partial charge on any atom is -0.496 e. The Hall–Kier alpha value is -3.72.